The van der Waals surface area contributed by atoms with Gasteiger partial charge in [0.1, 0.15) is 0 Å². The predicted octanol–water partition coefficient (Wildman–Crippen LogP) is 10.7. The maximum Gasteiger partial charge on any atom is 0.500 e. The van der Waals surface area contributed by atoms with E-state index in [0.29, 0.717) is 52.5 Å². The third-order valence-corrected chi connectivity index (χ3v) is 15.2. The minimum atomic E-state index is -2.51. The first-order valence-electron chi connectivity index (χ1n) is 20.8. The third kappa shape index (κ3) is 23.2. The van der Waals surface area contributed by atoms with E-state index < -0.39 is 17.6 Å². The van der Waals surface area contributed by atoms with Crippen LogP contribution in [0.4, 0.5) is 11.4 Å². The van der Waals surface area contributed by atoms with Gasteiger partial charge in [0.05, 0.1) is 0 Å². The highest BCUT2D eigenvalue weighted by atomic mass is 28.4. The van der Waals surface area contributed by atoms with Gasteiger partial charge in [0.25, 0.3) is 0 Å². The molecule has 0 aliphatic carbocycles. The van der Waals surface area contributed by atoms with Crippen molar-refractivity contribution in [2.45, 2.75) is 169 Å². The van der Waals surface area contributed by atoms with Gasteiger partial charge in [-0.3, -0.25) is 9.59 Å². The Morgan fingerprint density at radius 1 is 0.404 bits per heavy atom. The molecule has 0 bridgehead atoms. The minimum Gasteiger partial charge on any atom is -0.374 e. The lowest BCUT2D eigenvalue weighted by Gasteiger charge is -2.28. The fraction of sp³-hybridized carbons (Fsp3) is 0.800. The van der Waals surface area contributed by atoms with Crippen LogP contribution in [0.2, 0.25) is 12.1 Å². The molecule has 0 spiro atoms. The molecule has 2 N–H and O–H groups in total. The Balaban J connectivity index is 2.10. The Hall–Kier alpha value is -1.65. The molecule has 1 aromatic carbocycles. The number of carbonyl (C=O) groups is 2. The molecule has 0 unspecified atom stereocenters. The average molecular weight is 769 g/mol. The summed E-state index contributed by atoms with van der Waals surface area (Å²) >= 11 is 0. The average Bonchev–Trinajstić information content (AvgIpc) is 3.11. The van der Waals surface area contributed by atoms with Crippen LogP contribution in [0.15, 0.2) is 24.3 Å². The largest absolute Gasteiger partial charge is 0.500 e. The van der Waals surface area contributed by atoms with Gasteiger partial charge in [-0.1, -0.05) is 77.0 Å². The molecule has 0 radical (unpaired) electrons. The summed E-state index contributed by atoms with van der Waals surface area (Å²) in [6.07, 6.45) is 19.0. The molecule has 0 aromatic heterocycles. The van der Waals surface area contributed by atoms with Gasteiger partial charge in [-0.2, -0.15) is 0 Å². The van der Waals surface area contributed by atoms with Crippen molar-refractivity contribution in [2.75, 3.05) is 50.3 Å². The molecule has 0 aliphatic heterocycles. The smallest absolute Gasteiger partial charge is 0.374 e. The number of hydrogen-bond acceptors (Lipinski definition) is 8. The van der Waals surface area contributed by atoms with E-state index in [1.165, 1.54) is 51.4 Å². The summed E-state index contributed by atoms with van der Waals surface area (Å²) in [5.74, 6) is 0.0754. The number of nitrogens with one attached hydrogen (secondary N) is 2. The number of amides is 2. The third-order valence-electron chi connectivity index (χ3n) is 8.91. The van der Waals surface area contributed by atoms with E-state index in [1.807, 2.05) is 65.8 Å². The van der Waals surface area contributed by atoms with Crippen LogP contribution in [0.3, 0.4) is 0 Å². The molecular weight excluding hydrogens is 693 g/mol. The number of hydrogen-bond donors (Lipinski definition) is 2. The topological polar surface area (TPSA) is 114 Å². The number of unbranched alkanes of at least 4 members (excludes halogenated alkanes) is 14. The monoisotopic (exact) mass is 769 g/mol. The van der Waals surface area contributed by atoms with Gasteiger partial charge in [-0.25, -0.2) is 0 Å². The van der Waals surface area contributed by atoms with Gasteiger partial charge in [0.15, 0.2) is 0 Å². The zero-order valence-corrected chi connectivity index (χ0v) is 36.0. The van der Waals surface area contributed by atoms with Crippen molar-refractivity contribution in [2.24, 2.45) is 0 Å². The van der Waals surface area contributed by atoms with E-state index in [-0.39, 0.29) is 11.8 Å². The number of benzene rings is 1. The molecule has 2 amide bonds. The van der Waals surface area contributed by atoms with Crippen molar-refractivity contribution in [3.05, 3.63) is 24.3 Å². The zero-order chi connectivity index (χ0) is 38.2. The maximum atomic E-state index is 12.4. The van der Waals surface area contributed by atoms with E-state index in [4.69, 9.17) is 26.6 Å². The Labute approximate surface area is 319 Å². The Morgan fingerprint density at radius 2 is 0.635 bits per heavy atom. The molecule has 0 saturated heterocycles. The maximum absolute atomic E-state index is 12.4. The Kier molecular flexibility index (Phi) is 29.5. The zero-order valence-electron chi connectivity index (χ0n) is 34.0. The molecule has 52 heavy (non-hydrogen) atoms. The van der Waals surface area contributed by atoms with E-state index in [2.05, 4.69) is 10.6 Å². The molecular formula is C40H76N2O8Si2. The quantitative estimate of drug-likeness (QED) is 0.0512. The van der Waals surface area contributed by atoms with Crippen LogP contribution in [-0.4, -0.2) is 69.1 Å². The van der Waals surface area contributed by atoms with Gasteiger partial charge in [0.2, 0.25) is 11.8 Å². The van der Waals surface area contributed by atoms with Gasteiger partial charge < -0.3 is 37.2 Å². The number of anilines is 2. The lowest BCUT2D eigenvalue weighted by atomic mass is 10.1. The van der Waals surface area contributed by atoms with Crippen molar-refractivity contribution in [1.82, 2.24) is 0 Å². The van der Waals surface area contributed by atoms with E-state index in [9.17, 15) is 9.59 Å². The van der Waals surface area contributed by atoms with Crippen LogP contribution in [0, 0.1) is 0 Å². The van der Waals surface area contributed by atoms with Crippen LogP contribution in [0.25, 0.3) is 0 Å². The standard InChI is InChI=1S/C40H76N2O8Si2/c1-7-45-51(46-8-2,47-9-3)35-27-23-19-15-13-17-21-25-29-39(43)41-37-31-33-38(34-32-37)42-40(44)30-26-22-18-14-16-20-24-28-36-52(48-10-4,49-11-5)50-12-6/h31-34H,7-30,35-36H2,1-6H3,(H,41,43)(H,42,44). The summed E-state index contributed by atoms with van der Waals surface area (Å²) in [6, 6.07) is 9.19. The van der Waals surface area contributed by atoms with E-state index in [0.717, 1.165) is 74.8 Å². The molecule has 0 fully saturated rings. The highest BCUT2D eigenvalue weighted by molar-refractivity contribution is 6.61. The summed E-state index contributed by atoms with van der Waals surface area (Å²) in [6.45, 7) is 15.8. The summed E-state index contributed by atoms with van der Waals surface area (Å²) in [7, 11) is -5.02. The van der Waals surface area contributed by atoms with Crippen LogP contribution < -0.4 is 10.6 Å². The van der Waals surface area contributed by atoms with Crippen LogP contribution >= 0.6 is 0 Å². The second kappa shape index (κ2) is 31.7. The fourth-order valence-corrected chi connectivity index (χ4v) is 11.8. The molecule has 0 aliphatic rings. The van der Waals surface area contributed by atoms with Crippen molar-refractivity contribution >= 4 is 40.8 Å². The van der Waals surface area contributed by atoms with Crippen LogP contribution in [-0.2, 0) is 36.1 Å². The molecule has 1 rings (SSSR count). The first kappa shape index (κ1) is 48.4. The lowest BCUT2D eigenvalue weighted by Crippen LogP contribution is -2.45. The van der Waals surface area contributed by atoms with Crippen molar-refractivity contribution in [1.29, 1.82) is 0 Å². The number of carbonyl (C=O) groups excluding carboxylic acids is 2. The van der Waals surface area contributed by atoms with E-state index >= 15 is 0 Å². The van der Waals surface area contributed by atoms with Gasteiger partial charge >= 0.3 is 17.6 Å². The SMILES string of the molecule is CCO[Si](CCCCCCCCCCC(=O)Nc1ccc(NC(=O)CCCCCCCCCC[Si](OCC)(OCC)OCC)cc1)(OCC)OCC. The first-order valence-corrected chi connectivity index (χ1v) is 24.7. The summed E-state index contributed by atoms with van der Waals surface area (Å²) in [5, 5.41) is 5.97. The van der Waals surface area contributed by atoms with Gasteiger partial charge in [-0.15, -0.1) is 0 Å². The molecule has 0 atom stereocenters. The van der Waals surface area contributed by atoms with Crippen LogP contribution in [0.5, 0.6) is 0 Å². The summed E-state index contributed by atoms with van der Waals surface area (Å²) in [4.78, 5) is 24.9. The highest BCUT2D eigenvalue weighted by Crippen LogP contribution is 2.23. The van der Waals surface area contributed by atoms with Crippen LogP contribution in [0.1, 0.15) is 157 Å². The van der Waals surface area contributed by atoms with E-state index in [1.54, 1.807) is 0 Å². The lowest BCUT2D eigenvalue weighted by molar-refractivity contribution is -0.117. The molecule has 10 nitrogen and oxygen atoms in total. The molecule has 302 valence electrons. The van der Waals surface area contributed by atoms with Crippen molar-refractivity contribution in [3.8, 4) is 0 Å². The van der Waals surface area contributed by atoms with Gasteiger partial charge in [0, 0.05) is 75.9 Å². The first-order chi connectivity index (χ1) is 25.3. The number of rotatable bonds is 36. The predicted molar refractivity (Wildman–Crippen MR) is 218 cm³/mol. The summed E-state index contributed by atoms with van der Waals surface area (Å²) < 4.78 is 35.7. The van der Waals surface area contributed by atoms with Crippen molar-refractivity contribution in [3.63, 3.8) is 0 Å². The van der Waals surface area contributed by atoms with Gasteiger partial charge in [-0.05, 0) is 91.5 Å². The highest BCUT2D eigenvalue weighted by Gasteiger charge is 2.40. The molecule has 12 heteroatoms. The minimum absolute atomic E-state index is 0.0377. The Bertz CT molecular complexity index is 905. The second-order valence-corrected chi connectivity index (χ2v) is 18.8. The molecule has 0 saturated carbocycles. The normalized spacial score (nSPS) is 12.0. The van der Waals surface area contributed by atoms with Crippen molar-refractivity contribution < 1.29 is 36.1 Å². The summed E-state index contributed by atoms with van der Waals surface area (Å²) in [5.41, 5.74) is 1.51. The molecule has 0 heterocycles. The Morgan fingerprint density at radius 3 is 0.885 bits per heavy atom. The fourth-order valence-electron chi connectivity index (χ4n) is 6.46. The molecule has 1 aromatic rings. The second-order valence-electron chi connectivity index (χ2n) is 13.3.